The molecule has 1 aliphatic rings. The smallest absolute Gasteiger partial charge is 0.352 e. The average Bonchev–Trinajstić information content (AvgIpc) is 3.57. The zero-order valence-electron chi connectivity index (χ0n) is 18.6. The Morgan fingerprint density at radius 1 is 0.778 bits per heavy atom. The summed E-state index contributed by atoms with van der Waals surface area (Å²) >= 11 is 1.18. The van der Waals surface area contributed by atoms with Gasteiger partial charge < -0.3 is 19.9 Å². The molecule has 5 aromatic rings. The van der Waals surface area contributed by atoms with Gasteiger partial charge in [0.2, 0.25) is 0 Å². The van der Waals surface area contributed by atoms with Crippen molar-refractivity contribution in [3.8, 4) is 16.8 Å². The number of allylic oxidation sites excluding steroid dienone is 1. The van der Waals surface area contributed by atoms with Gasteiger partial charge in [0.1, 0.15) is 10.6 Å². The third kappa shape index (κ3) is 3.23. The standard InChI is InChI=1S/C28H17NO6S/c30-26(31)19-10-8-14-7-9-16(12-20(14)19)29-22-6-2-4-17(21(22)13-23(29)27(32)33)18-5-1-3-15-11-24(28(34)35)36-25(15)18/h1-7,9-13H,8H2,(H,30,31)(H,32,33)(H,34,35). The number of carboxylic acids is 3. The molecule has 0 amide bonds. The molecule has 7 nitrogen and oxygen atoms in total. The van der Waals surface area contributed by atoms with Gasteiger partial charge in [-0.15, -0.1) is 11.3 Å². The van der Waals surface area contributed by atoms with Crippen molar-refractivity contribution in [3.63, 3.8) is 0 Å². The molecule has 2 aromatic heterocycles. The first-order chi connectivity index (χ1) is 17.3. The van der Waals surface area contributed by atoms with E-state index in [1.165, 1.54) is 11.3 Å². The van der Waals surface area contributed by atoms with Crippen LogP contribution < -0.4 is 0 Å². The second kappa shape index (κ2) is 7.93. The molecule has 8 heteroatoms. The lowest BCUT2D eigenvalue weighted by Crippen LogP contribution is -2.07. The Bertz CT molecular complexity index is 1810. The number of aromatic carboxylic acids is 2. The number of benzene rings is 3. The Balaban J connectivity index is 1.61. The molecule has 0 saturated heterocycles. The topological polar surface area (TPSA) is 117 Å². The minimum absolute atomic E-state index is 0.0424. The van der Waals surface area contributed by atoms with E-state index in [9.17, 15) is 29.7 Å². The van der Waals surface area contributed by atoms with Crippen LogP contribution in [0.25, 0.3) is 43.4 Å². The third-order valence-electron chi connectivity index (χ3n) is 6.51. The van der Waals surface area contributed by atoms with Gasteiger partial charge >= 0.3 is 17.9 Å². The van der Waals surface area contributed by atoms with E-state index in [1.807, 2.05) is 42.5 Å². The highest BCUT2D eigenvalue weighted by Crippen LogP contribution is 2.40. The lowest BCUT2D eigenvalue weighted by molar-refractivity contribution is -0.130. The largest absolute Gasteiger partial charge is 0.478 e. The van der Waals surface area contributed by atoms with Crippen LogP contribution in [0.1, 0.15) is 31.3 Å². The van der Waals surface area contributed by atoms with Crippen LogP contribution >= 0.6 is 11.3 Å². The molecule has 3 aromatic carbocycles. The number of carboxylic acid groups (broad SMARTS) is 3. The molecule has 0 unspecified atom stereocenters. The van der Waals surface area contributed by atoms with Gasteiger partial charge in [0, 0.05) is 21.3 Å². The molecule has 0 aliphatic heterocycles. The van der Waals surface area contributed by atoms with Crippen LogP contribution in [0.2, 0.25) is 0 Å². The van der Waals surface area contributed by atoms with Crippen LogP contribution in [0.5, 0.6) is 0 Å². The van der Waals surface area contributed by atoms with Gasteiger partial charge in [-0.05, 0) is 58.8 Å². The number of aliphatic carboxylic acids is 1. The van der Waals surface area contributed by atoms with Gasteiger partial charge in [0.25, 0.3) is 0 Å². The lowest BCUT2D eigenvalue weighted by atomic mass is 10.0. The summed E-state index contributed by atoms with van der Waals surface area (Å²) < 4.78 is 2.43. The molecule has 1 aliphatic carbocycles. The van der Waals surface area contributed by atoms with Gasteiger partial charge in [-0.2, -0.15) is 0 Å². The van der Waals surface area contributed by atoms with Crippen LogP contribution in [0, 0.1) is 0 Å². The first-order valence-electron chi connectivity index (χ1n) is 11.0. The second-order valence-electron chi connectivity index (χ2n) is 8.52. The summed E-state index contributed by atoms with van der Waals surface area (Å²) in [5, 5.41) is 30.6. The van der Waals surface area contributed by atoms with E-state index in [0.717, 1.165) is 26.8 Å². The minimum atomic E-state index is -1.12. The van der Waals surface area contributed by atoms with E-state index in [2.05, 4.69) is 0 Å². The Morgan fingerprint density at radius 2 is 1.56 bits per heavy atom. The van der Waals surface area contributed by atoms with Crippen molar-refractivity contribution >= 4 is 55.8 Å². The van der Waals surface area contributed by atoms with Crippen molar-refractivity contribution in [2.45, 2.75) is 6.42 Å². The number of carbonyl (C=O) groups is 3. The zero-order chi connectivity index (χ0) is 25.1. The number of thiophene rings is 1. The first kappa shape index (κ1) is 21.8. The molecular weight excluding hydrogens is 478 g/mol. The lowest BCUT2D eigenvalue weighted by Gasteiger charge is -2.12. The number of hydrogen-bond acceptors (Lipinski definition) is 4. The van der Waals surface area contributed by atoms with Crippen molar-refractivity contribution < 1.29 is 29.7 Å². The number of nitrogens with zero attached hydrogens (tertiary/aromatic N) is 1. The molecule has 36 heavy (non-hydrogen) atoms. The average molecular weight is 496 g/mol. The minimum Gasteiger partial charge on any atom is -0.478 e. The van der Waals surface area contributed by atoms with E-state index in [1.54, 1.807) is 34.9 Å². The highest BCUT2D eigenvalue weighted by atomic mass is 32.1. The van der Waals surface area contributed by atoms with Gasteiger partial charge in [-0.3, -0.25) is 0 Å². The number of aromatic nitrogens is 1. The van der Waals surface area contributed by atoms with Crippen molar-refractivity contribution in [1.29, 1.82) is 0 Å². The second-order valence-corrected chi connectivity index (χ2v) is 9.57. The summed E-state index contributed by atoms with van der Waals surface area (Å²) in [6.07, 6.45) is 2.18. The Morgan fingerprint density at radius 3 is 2.31 bits per heavy atom. The molecular formula is C28H17NO6S. The van der Waals surface area contributed by atoms with Gasteiger partial charge in [0.15, 0.2) is 0 Å². The quantitative estimate of drug-likeness (QED) is 0.278. The van der Waals surface area contributed by atoms with Crippen molar-refractivity contribution in [1.82, 2.24) is 4.57 Å². The Kier molecular flexibility index (Phi) is 4.80. The number of hydrogen-bond donors (Lipinski definition) is 3. The van der Waals surface area contributed by atoms with E-state index in [-0.39, 0.29) is 16.1 Å². The van der Waals surface area contributed by atoms with E-state index in [0.29, 0.717) is 28.6 Å². The molecule has 0 bridgehead atoms. The molecule has 0 radical (unpaired) electrons. The van der Waals surface area contributed by atoms with Crippen LogP contribution in [0.4, 0.5) is 0 Å². The van der Waals surface area contributed by atoms with Crippen LogP contribution in [0.15, 0.2) is 72.8 Å². The monoisotopic (exact) mass is 495 g/mol. The SMILES string of the molecule is O=C(O)C1=CCc2ccc(-n3c(C(=O)O)cc4c(-c5cccc6cc(C(=O)O)sc56)cccc43)cc21. The summed E-state index contributed by atoms with van der Waals surface area (Å²) in [5.74, 6) is -3.13. The summed E-state index contributed by atoms with van der Waals surface area (Å²) in [7, 11) is 0. The van der Waals surface area contributed by atoms with Gasteiger partial charge in [-0.25, -0.2) is 14.4 Å². The highest BCUT2D eigenvalue weighted by molar-refractivity contribution is 7.21. The van der Waals surface area contributed by atoms with E-state index >= 15 is 0 Å². The maximum absolute atomic E-state index is 12.3. The predicted molar refractivity (Wildman–Crippen MR) is 137 cm³/mol. The molecule has 6 rings (SSSR count). The van der Waals surface area contributed by atoms with Crippen molar-refractivity contribution in [2.24, 2.45) is 0 Å². The van der Waals surface area contributed by atoms with Crippen LogP contribution in [0.3, 0.4) is 0 Å². The number of fused-ring (bicyclic) bond motifs is 3. The summed E-state index contributed by atoms with van der Waals surface area (Å²) in [4.78, 5) is 35.8. The normalized spacial score (nSPS) is 12.6. The number of rotatable bonds is 5. The molecule has 3 N–H and O–H groups in total. The molecule has 0 saturated carbocycles. The highest BCUT2D eigenvalue weighted by Gasteiger charge is 2.24. The molecule has 0 atom stereocenters. The molecule has 0 spiro atoms. The van der Waals surface area contributed by atoms with Gasteiger partial charge in [-0.1, -0.05) is 42.5 Å². The third-order valence-corrected chi connectivity index (χ3v) is 7.68. The van der Waals surface area contributed by atoms with Crippen molar-refractivity contribution in [3.05, 3.63) is 94.5 Å². The summed E-state index contributed by atoms with van der Waals surface area (Å²) in [6, 6.07) is 19.8. The first-order valence-corrected chi connectivity index (χ1v) is 11.9. The fourth-order valence-corrected chi connectivity index (χ4v) is 5.96. The Labute approximate surface area is 207 Å². The molecule has 176 valence electrons. The molecule has 2 heterocycles. The van der Waals surface area contributed by atoms with E-state index in [4.69, 9.17) is 0 Å². The van der Waals surface area contributed by atoms with Gasteiger partial charge in [0.05, 0.1) is 11.1 Å². The zero-order valence-corrected chi connectivity index (χ0v) is 19.4. The summed E-state index contributed by atoms with van der Waals surface area (Å²) in [6.45, 7) is 0. The summed E-state index contributed by atoms with van der Waals surface area (Å²) in [5.41, 5.74) is 4.51. The van der Waals surface area contributed by atoms with Crippen molar-refractivity contribution in [2.75, 3.05) is 0 Å². The van der Waals surface area contributed by atoms with Crippen LogP contribution in [-0.2, 0) is 11.2 Å². The molecule has 0 fully saturated rings. The van der Waals surface area contributed by atoms with Crippen LogP contribution in [-0.4, -0.2) is 37.8 Å². The van der Waals surface area contributed by atoms with E-state index < -0.39 is 17.9 Å². The maximum Gasteiger partial charge on any atom is 0.352 e. The fourth-order valence-electron chi connectivity index (χ4n) is 4.94. The maximum atomic E-state index is 12.3. The fraction of sp³-hybridized carbons (Fsp3) is 0.0357. The Hall–Kier alpha value is -4.69. The predicted octanol–water partition coefficient (Wildman–Crippen LogP) is 5.93.